The lowest BCUT2D eigenvalue weighted by Crippen LogP contribution is -2.40. The van der Waals surface area contributed by atoms with Gasteiger partial charge in [-0.1, -0.05) is 6.07 Å². The second-order valence-corrected chi connectivity index (χ2v) is 9.66. The number of nitrogens with one attached hydrogen (secondary N) is 1. The molecule has 3 N–H and O–H groups in total. The first-order valence-electron chi connectivity index (χ1n) is 8.60. The Bertz CT molecular complexity index is 753. The molecule has 140 valence electrons. The molecule has 1 aliphatic rings. The second-order valence-electron chi connectivity index (χ2n) is 7.98. The molecule has 7 heteroatoms. The molecule has 1 aliphatic heterocycles. The van der Waals surface area contributed by atoms with Crippen LogP contribution in [0.3, 0.4) is 0 Å². The Morgan fingerprint density at radius 1 is 1.36 bits per heavy atom. The molecule has 0 aliphatic carbocycles. The van der Waals surface area contributed by atoms with Crippen LogP contribution in [0.25, 0.3) is 0 Å². The van der Waals surface area contributed by atoms with E-state index in [0.29, 0.717) is 24.6 Å². The molecule has 25 heavy (non-hydrogen) atoms. The summed E-state index contributed by atoms with van der Waals surface area (Å²) in [7, 11) is -3.68. The molecule has 1 amide bonds. The number of amides is 1. The number of aryl methyl sites for hydroxylation is 1. The van der Waals surface area contributed by atoms with Crippen LogP contribution in [0.4, 0.5) is 0 Å². The van der Waals surface area contributed by atoms with E-state index in [1.807, 2.05) is 13.8 Å². The molecule has 1 saturated heterocycles. The van der Waals surface area contributed by atoms with Gasteiger partial charge in [-0.05, 0) is 71.2 Å². The van der Waals surface area contributed by atoms with Crippen LogP contribution in [0.1, 0.15) is 50.0 Å². The average molecular weight is 368 g/mol. The molecule has 0 bridgehead atoms. The predicted molar refractivity (Wildman–Crippen MR) is 98.9 cm³/mol. The number of benzene rings is 1. The Hall–Kier alpha value is -1.44. The van der Waals surface area contributed by atoms with E-state index >= 15 is 0 Å². The van der Waals surface area contributed by atoms with Crippen LogP contribution in [0.2, 0.25) is 0 Å². The molecule has 1 aromatic carbocycles. The number of nitrogens with two attached hydrogens (primary N) is 1. The van der Waals surface area contributed by atoms with Crippen molar-refractivity contribution in [3.8, 4) is 0 Å². The summed E-state index contributed by atoms with van der Waals surface area (Å²) >= 11 is 0. The summed E-state index contributed by atoms with van der Waals surface area (Å²) in [4.78, 5) is 14.9. The number of carbonyl (C=O) groups is 1. The van der Waals surface area contributed by atoms with E-state index in [9.17, 15) is 13.2 Å². The second kappa shape index (κ2) is 7.05. The van der Waals surface area contributed by atoms with Crippen LogP contribution in [0, 0.1) is 12.8 Å². The highest BCUT2D eigenvalue weighted by atomic mass is 32.2. The monoisotopic (exact) mass is 367 g/mol. The average Bonchev–Trinajstić information content (AvgIpc) is 2.85. The standard InChI is InChI=1S/C18H29N3O3S/c1-12-6-7-15(25(23,24)20-18(3,4)5)9-16(12)17(22)21-11-14(10-19)8-13(21)2/h6-7,9,13-14,20H,8,10-11,19H2,1-5H3. The van der Waals surface area contributed by atoms with E-state index in [1.54, 1.807) is 31.7 Å². The number of hydrogen-bond acceptors (Lipinski definition) is 4. The van der Waals surface area contributed by atoms with Gasteiger partial charge in [0.05, 0.1) is 4.90 Å². The topological polar surface area (TPSA) is 92.5 Å². The van der Waals surface area contributed by atoms with Crippen molar-refractivity contribution in [2.45, 2.75) is 57.5 Å². The highest BCUT2D eigenvalue weighted by Crippen LogP contribution is 2.26. The van der Waals surface area contributed by atoms with Crippen LogP contribution in [0.5, 0.6) is 0 Å². The third-order valence-electron chi connectivity index (χ3n) is 4.45. The summed E-state index contributed by atoms with van der Waals surface area (Å²) in [5.41, 5.74) is 6.35. The number of carbonyl (C=O) groups excluding carboxylic acids is 1. The first-order valence-corrected chi connectivity index (χ1v) is 10.1. The predicted octanol–water partition coefficient (Wildman–Crippen LogP) is 1.88. The van der Waals surface area contributed by atoms with E-state index in [-0.39, 0.29) is 16.8 Å². The highest BCUT2D eigenvalue weighted by molar-refractivity contribution is 7.89. The fourth-order valence-corrected chi connectivity index (χ4v) is 4.66. The molecule has 1 aromatic rings. The largest absolute Gasteiger partial charge is 0.336 e. The molecule has 6 nitrogen and oxygen atoms in total. The molecular weight excluding hydrogens is 338 g/mol. The summed E-state index contributed by atoms with van der Waals surface area (Å²) < 4.78 is 27.8. The number of nitrogens with zero attached hydrogens (tertiary/aromatic N) is 1. The molecule has 0 saturated carbocycles. The lowest BCUT2D eigenvalue weighted by atomic mass is 10.1. The molecule has 0 spiro atoms. The van der Waals surface area contributed by atoms with E-state index in [2.05, 4.69) is 4.72 Å². The maximum atomic E-state index is 13.0. The molecule has 2 rings (SSSR count). The number of likely N-dealkylation sites (tertiary alicyclic amines) is 1. The van der Waals surface area contributed by atoms with Crippen LogP contribution >= 0.6 is 0 Å². The van der Waals surface area contributed by atoms with Gasteiger partial charge in [0, 0.05) is 23.7 Å². The number of rotatable bonds is 4. The van der Waals surface area contributed by atoms with E-state index < -0.39 is 15.6 Å². The number of sulfonamides is 1. The van der Waals surface area contributed by atoms with Crippen LogP contribution in [-0.2, 0) is 10.0 Å². The molecular formula is C18H29N3O3S. The molecule has 1 fully saturated rings. The van der Waals surface area contributed by atoms with Gasteiger partial charge >= 0.3 is 0 Å². The quantitative estimate of drug-likeness (QED) is 0.850. The Morgan fingerprint density at radius 3 is 2.52 bits per heavy atom. The fraction of sp³-hybridized carbons (Fsp3) is 0.611. The first-order chi connectivity index (χ1) is 11.4. The Labute approximate surface area is 150 Å². The normalized spacial score (nSPS) is 21.6. The van der Waals surface area contributed by atoms with Crippen molar-refractivity contribution >= 4 is 15.9 Å². The van der Waals surface area contributed by atoms with Crippen molar-refractivity contribution in [1.29, 1.82) is 0 Å². The van der Waals surface area contributed by atoms with Crippen molar-refractivity contribution < 1.29 is 13.2 Å². The lowest BCUT2D eigenvalue weighted by molar-refractivity contribution is 0.0742. The summed E-state index contributed by atoms with van der Waals surface area (Å²) in [6.45, 7) is 10.3. The van der Waals surface area contributed by atoms with E-state index in [0.717, 1.165) is 12.0 Å². The Morgan fingerprint density at radius 2 is 2.00 bits per heavy atom. The summed E-state index contributed by atoms with van der Waals surface area (Å²) in [6.07, 6.45) is 0.880. The van der Waals surface area contributed by atoms with Gasteiger partial charge in [0.25, 0.3) is 5.91 Å². The zero-order valence-corrected chi connectivity index (χ0v) is 16.5. The van der Waals surface area contributed by atoms with Gasteiger partial charge in [0.2, 0.25) is 10.0 Å². The van der Waals surface area contributed by atoms with Gasteiger partial charge in [-0.3, -0.25) is 4.79 Å². The molecule has 1 heterocycles. The maximum absolute atomic E-state index is 13.0. The van der Waals surface area contributed by atoms with Gasteiger partial charge in [-0.25, -0.2) is 13.1 Å². The smallest absolute Gasteiger partial charge is 0.254 e. The van der Waals surface area contributed by atoms with Gasteiger partial charge in [0.1, 0.15) is 0 Å². The van der Waals surface area contributed by atoms with Gasteiger partial charge in [0.15, 0.2) is 0 Å². The molecule has 0 radical (unpaired) electrons. The van der Waals surface area contributed by atoms with Crippen molar-refractivity contribution in [3.05, 3.63) is 29.3 Å². The van der Waals surface area contributed by atoms with Crippen LogP contribution in [0.15, 0.2) is 23.1 Å². The highest BCUT2D eigenvalue weighted by Gasteiger charge is 2.33. The zero-order valence-electron chi connectivity index (χ0n) is 15.7. The first kappa shape index (κ1) is 19.9. The van der Waals surface area contributed by atoms with Crippen molar-refractivity contribution in [3.63, 3.8) is 0 Å². The Balaban J connectivity index is 2.35. The van der Waals surface area contributed by atoms with E-state index in [4.69, 9.17) is 5.73 Å². The molecule has 2 atom stereocenters. The summed E-state index contributed by atoms with van der Waals surface area (Å²) in [5, 5.41) is 0. The van der Waals surface area contributed by atoms with Crippen molar-refractivity contribution in [2.75, 3.05) is 13.1 Å². The maximum Gasteiger partial charge on any atom is 0.254 e. The third-order valence-corrected chi connectivity index (χ3v) is 6.20. The molecule has 2 unspecified atom stereocenters. The SMILES string of the molecule is Cc1ccc(S(=O)(=O)NC(C)(C)C)cc1C(=O)N1CC(CN)CC1C. The fourth-order valence-electron chi connectivity index (χ4n) is 3.21. The lowest BCUT2D eigenvalue weighted by Gasteiger charge is -2.24. The van der Waals surface area contributed by atoms with Crippen molar-refractivity contribution in [2.24, 2.45) is 11.7 Å². The van der Waals surface area contributed by atoms with Crippen LogP contribution < -0.4 is 10.5 Å². The zero-order chi connectivity index (χ0) is 19.0. The Kier molecular flexibility index (Phi) is 5.61. The van der Waals surface area contributed by atoms with Crippen molar-refractivity contribution in [1.82, 2.24) is 9.62 Å². The minimum absolute atomic E-state index is 0.105. The third kappa shape index (κ3) is 4.59. The van der Waals surface area contributed by atoms with Gasteiger partial charge in [-0.15, -0.1) is 0 Å². The molecule has 0 aromatic heterocycles. The minimum Gasteiger partial charge on any atom is -0.336 e. The van der Waals surface area contributed by atoms with Gasteiger partial charge in [-0.2, -0.15) is 0 Å². The summed E-state index contributed by atoms with van der Waals surface area (Å²) in [6, 6.07) is 4.81. The van der Waals surface area contributed by atoms with E-state index in [1.165, 1.54) is 12.1 Å². The number of hydrogen-bond donors (Lipinski definition) is 2. The minimum atomic E-state index is -3.68. The summed E-state index contributed by atoms with van der Waals surface area (Å²) in [5.74, 6) is 0.169. The van der Waals surface area contributed by atoms with Gasteiger partial charge < -0.3 is 10.6 Å². The van der Waals surface area contributed by atoms with Crippen LogP contribution in [-0.4, -0.2) is 43.9 Å².